The maximum Gasteiger partial charge on any atom is 0.439 e. The number of alkyl halides is 10. The number of hydrogen-bond acceptors (Lipinski definition) is 9. The lowest BCUT2D eigenvalue weighted by atomic mass is 10.3. The second-order valence-corrected chi connectivity index (χ2v) is 14.8. The zero-order valence-corrected chi connectivity index (χ0v) is 23.1. The summed E-state index contributed by atoms with van der Waals surface area (Å²) in [6.45, 7) is 0. The SMILES string of the molecule is O=S(=O)(O)c1ccccc1S(=O)(=O)NS(=O)(=O)C(F)(F)C(F)(F)C(F)(F)OC(F)(F)C(F)(F)S(=O)(=O)c1ccc(F)cc1F. The van der Waals surface area contributed by atoms with E-state index in [2.05, 4.69) is 0 Å². The van der Waals surface area contributed by atoms with E-state index in [9.17, 15) is 86.4 Å². The highest BCUT2D eigenvalue weighted by atomic mass is 32.3. The number of sulfonamides is 2. The molecule has 0 spiro atoms. The first-order chi connectivity index (χ1) is 19.3. The highest BCUT2D eigenvalue weighted by Gasteiger charge is 2.83. The summed E-state index contributed by atoms with van der Waals surface area (Å²) in [6.07, 6.45) is -15.5. The highest BCUT2D eigenvalue weighted by molar-refractivity contribution is 8.05. The average Bonchev–Trinajstić information content (AvgIpc) is 2.81. The quantitative estimate of drug-likeness (QED) is 0.186. The van der Waals surface area contributed by atoms with Crippen LogP contribution in [0.4, 0.5) is 52.7 Å². The number of rotatable bonds is 12. The van der Waals surface area contributed by atoms with Gasteiger partial charge in [0.15, 0.2) is 0 Å². The van der Waals surface area contributed by atoms with Crippen molar-refractivity contribution in [2.45, 2.75) is 43.3 Å². The fourth-order valence-electron chi connectivity index (χ4n) is 2.74. The molecule has 0 fully saturated rings. The van der Waals surface area contributed by atoms with Crippen LogP contribution < -0.4 is 4.13 Å². The zero-order valence-electron chi connectivity index (χ0n) is 19.8. The number of halogens is 12. The van der Waals surface area contributed by atoms with Gasteiger partial charge in [-0.25, -0.2) is 38.8 Å². The van der Waals surface area contributed by atoms with Crippen molar-refractivity contribution in [2.75, 3.05) is 0 Å². The second kappa shape index (κ2) is 11.0. The van der Waals surface area contributed by atoms with Gasteiger partial charge in [0.05, 0.1) is 0 Å². The summed E-state index contributed by atoms with van der Waals surface area (Å²) in [5.41, 5.74) is 0. The minimum Gasteiger partial charge on any atom is -0.282 e. The summed E-state index contributed by atoms with van der Waals surface area (Å²) < 4.78 is 273. The second-order valence-electron chi connectivity index (χ2n) is 7.83. The Kier molecular flexibility index (Phi) is 9.34. The largest absolute Gasteiger partial charge is 0.439 e. The first-order valence-corrected chi connectivity index (χ1v) is 15.8. The van der Waals surface area contributed by atoms with Crippen molar-refractivity contribution >= 4 is 40.0 Å². The van der Waals surface area contributed by atoms with Crippen LogP contribution in [-0.2, 0) is 44.7 Å². The van der Waals surface area contributed by atoms with Crippen LogP contribution in [0.1, 0.15) is 0 Å². The number of sulfone groups is 1. The molecule has 250 valence electrons. The van der Waals surface area contributed by atoms with Gasteiger partial charge in [0, 0.05) is 6.07 Å². The number of nitrogens with one attached hydrogen (secondary N) is 1. The summed E-state index contributed by atoms with van der Waals surface area (Å²) in [6, 6.07) is 0.266. The third kappa shape index (κ3) is 6.21. The molecule has 0 aliphatic heterocycles. The Morgan fingerprint density at radius 2 is 1.11 bits per heavy atom. The van der Waals surface area contributed by atoms with E-state index in [1.54, 1.807) is 4.74 Å². The predicted octanol–water partition coefficient (Wildman–Crippen LogP) is 3.32. The van der Waals surface area contributed by atoms with Crippen LogP contribution in [0.3, 0.4) is 0 Å². The van der Waals surface area contributed by atoms with Gasteiger partial charge in [-0.15, -0.1) is 0 Å². The van der Waals surface area contributed by atoms with E-state index in [0.29, 0.717) is 12.1 Å². The van der Waals surface area contributed by atoms with Gasteiger partial charge in [-0.3, -0.25) is 4.55 Å². The molecule has 2 rings (SSSR count). The molecule has 0 aliphatic rings. The Morgan fingerprint density at radius 1 is 0.636 bits per heavy atom. The minimum atomic E-state index is -8.03. The van der Waals surface area contributed by atoms with Gasteiger partial charge in [-0.2, -0.15) is 52.3 Å². The van der Waals surface area contributed by atoms with Crippen LogP contribution in [-0.4, -0.2) is 66.9 Å². The fourth-order valence-corrected chi connectivity index (χ4v) is 8.13. The summed E-state index contributed by atoms with van der Waals surface area (Å²) >= 11 is 0. The summed E-state index contributed by atoms with van der Waals surface area (Å²) in [5, 5.41) is -15.0. The molecule has 0 amide bonds. The van der Waals surface area contributed by atoms with Gasteiger partial charge in [0.25, 0.3) is 40.0 Å². The van der Waals surface area contributed by atoms with Gasteiger partial charge < -0.3 is 0 Å². The van der Waals surface area contributed by atoms with Crippen LogP contribution in [0.2, 0.25) is 0 Å². The average molecular weight is 744 g/mol. The standard InChI is InChI=1S/C17H9F12NO10S4/c18-8-5-6-10(9(19)7-8)41(31,32)17(28,29)15(24,25)40-14(22,23)13(20,21)16(26,27)44(38,39)30-42(33,34)11-3-1-2-4-12(11)43(35,36)37/h1-7,30H,(H,35,36,37). The maximum absolute atomic E-state index is 14.3. The van der Waals surface area contributed by atoms with Crippen LogP contribution >= 0.6 is 0 Å². The molecule has 0 radical (unpaired) electrons. The third-order valence-corrected chi connectivity index (χ3v) is 11.3. The van der Waals surface area contributed by atoms with E-state index >= 15 is 0 Å². The van der Waals surface area contributed by atoms with Gasteiger partial charge in [0.1, 0.15) is 26.3 Å². The Bertz CT molecular complexity index is 1900. The van der Waals surface area contributed by atoms with Crippen molar-refractivity contribution in [3.63, 3.8) is 0 Å². The molecule has 2 N–H and O–H groups in total. The number of benzene rings is 2. The molecule has 0 saturated heterocycles. The Hall–Kier alpha value is -2.72. The summed E-state index contributed by atoms with van der Waals surface area (Å²) in [7, 11) is -27.4. The van der Waals surface area contributed by atoms with Crippen molar-refractivity contribution in [1.82, 2.24) is 4.13 Å². The van der Waals surface area contributed by atoms with Crippen LogP contribution in [0, 0.1) is 11.6 Å². The normalized spacial score (nSPS) is 14.9. The molecule has 0 bridgehead atoms. The van der Waals surface area contributed by atoms with Crippen LogP contribution in [0.5, 0.6) is 0 Å². The van der Waals surface area contributed by atoms with Crippen molar-refractivity contribution in [2.24, 2.45) is 0 Å². The summed E-state index contributed by atoms with van der Waals surface area (Å²) in [4.78, 5) is -6.36. The van der Waals surface area contributed by atoms with Crippen molar-refractivity contribution in [3.8, 4) is 0 Å². The first kappa shape index (κ1) is 37.5. The van der Waals surface area contributed by atoms with Crippen molar-refractivity contribution in [3.05, 3.63) is 54.1 Å². The zero-order chi connectivity index (χ0) is 34.8. The lowest BCUT2D eigenvalue weighted by molar-refractivity contribution is -0.469. The molecule has 11 nitrogen and oxygen atoms in total. The monoisotopic (exact) mass is 743 g/mol. The lowest BCUT2D eigenvalue weighted by Gasteiger charge is -2.35. The molecular formula is C17H9F12NO10S4. The number of hydrogen-bond donors (Lipinski definition) is 2. The van der Waals surface area contributed by atoms with E-state index in [4.69, 9.17) is 4.55 Å². The Labute approximate surface area is 237 Å². The van der Waals surface area contributed by atoms with Crippen molar-refractivity contribution < 1.29 is 95.6 Å². The van der Waals surface area contributed by atoms with E-state index in [-0.39, 0.29) is 22.3 Å². The van der Waals surface area contributed by atoms with Gasteiger partial charge >= 0.3 is 28.6 Å². The summed E-state index contributed by atoms with van der Waals surface area (Å²) in [5.74, 6) is -12.3. The van der Waals surface area contributed by atoms with Gasteiger partial charge in [-0.05, 0) is 24.3 Å². The topological polar surface area (TPSA) is 178 Å². The smallest absolute Gasteiger partial charge is 0.282 e. The Morgan fingerprint density at radius 3 is 1.57 bits per heavy atom. The molecule has 0 heterocycles. The molecule has 2 aromatic carbocycles. The van der Waals surface area contributed by atoms with Crippen LogP contribution in [0.25, 0.3) is 0 Å². The van der Waals surface area contributed by atoms with E-state index in [1.165, 1.54) is 0 Å². The third-order valence-electron chi connectivity index (χ3n) is 4.82. The van der Waals surface area contributed by atoms with E-state index in [0.717, 1.165) is 0 Å². The highest BCUT2D eigenvalue weighted by Crippen LogP contribution is 2.53. The fraction of sp³-hybridized carbons (Fsp3) is 0.294. The Balaban J connectivity index is 2.57. The molecule has 27 heteroatoms. The van der Waals surface area contributed by atoms with Crippen LogP contribution in [0.15, 0.2) is 57.2 Å². The van der Waals surface area contributed by atoms with E-state index in [1.807, 2.05) is 0 Å². The molecule has 44 heavy (non-hydrogen) atoms. The predicted molar refractivity (Wildman–Crippen MR) is 115 cm³/mol. The molecule has 2 aromatic rings. The molecule has 0 aliphatic carbocycles. The first-order valence-electron chi connectivity index (χ1n) is 9.94. The minimum absolute atomic E-state index is 0.0436. The van der Waals surface area contributed by atoms with Crippen molar-refractivity contribution in [1.29, 1.82) is 0 Å². The van der Waals surface area contributed by atoms with Gasteiger partial charge in [-0.1, -0.05) is 16.3 Å². The molecular weight excluding hydrogens is 734 g/mol. The maximum atomic E-state index is 14.3. The lowest BCUT2D eigenvalue weighted by Crippen LogP contribution is -2.64. The van der Waals surface area contributed by atoms with Gasteiger partial charge in [0.2, 0.25) is 0 Å². The number of ether oxygens (including phenoxy) is 1. The molecule has 0 atom stereocenters. The molecule has 0 aromatic heterocycles. The molecule has 0 saturated carbocycles. The van der Waals surface area contributed by atoms with E-state index < -0.39 is 107 Å². The molecule has 0 unspecified atom stereocenters.